The maximum Gasteiger partial charge on any atom is 0.254 e. The van der Waals surface area contributed by atoms with Gasteiger partial charge in [-0.3, -0.25) is 4.79 Å². The molecule has 0 heterocycles. The lowest BCUT2D eigenvalue weighted by molar-refractivity contribution is 0.0775. The average molecular weight is 323 g/mol. The van der Waals surface area contributed by atoms with Crippen LogP contribution in [0.5, 0.6) is 5.75 Å². The third-order valence-corrected chi connectivity index (χ3v) is 3.88. The molecule has 4 heteroatoms. The van der Waals surface area contributed by atoms with Gasteiger partial charge in [0.1, 0.15) is 18.2 Å². The van der Waals surface area contributed by atoms with Crippen LogP contribution in [0.15, 0.2) is 66.7 Å². The lowest BCUT2D eigenvalue weighted by Crippen LogP contribution is -2.31. The Bertz CT molecular complexity index is 840. The summed E-state index contributed by atoms with van der Waals surface area (Å²) in [5.41, 5.74) is 0.678. The second-order valence-corrected chi connectivity index (χ2v) is 5.56. The smallest absolute Gasteiger partial charge is 0.254 e. The second-order valence-electron chi connectivity index (χ2n) is 5.56. The Labute approximate surface area is 140 Å². The minimum Gasteiger partial charge on any atom is -0.492 e. The molecule has 0 unspecified atom stereocenters. The van der Waals surface area contributed by atoms with Gasteiger partial charge in [-0.25, -0.2) is 4.39 Å². The van der Waals surface area contributed by atoms with Gasteiger partial charge >= 0.3 is 0 Å². The number of likely N-dealkylation sites (N-methyl/N-ethyl adjacent to an activating group) is 1. The van der Waals surface area contributed by atoms with Crippen LogP contribution in [0.1, 0.15) is 10.4 Å². The summed E-state index contributed by atoms with van der Waals surface area (Å²) in [6.07, 6.45) is 0. The molecule has 0 N–H and O–H groups in total. The molecule has 3 aromatic rings. The van der Waals surface area contributed by atoms with Crippen LogP contribution in [0.3, 0.4) is 0 Å². The molecule has 3 nitrogen and oxygen atoms in total. The van der Waals surface area contributed by atoms with Gasteiger partial charge in [-0.1, -0.05) is 36.4 Å². The molecule has 0 atom stereocenters. The van der Waals surface area contributed by atoms with Gasteiger partial charge in [-0.15, -0.1) is 0 Å². The van der Waals surface area contributed by atoms with Crippen LogP contribution < -0.4 is 4.74 Å². The summed E-state index contributed by atoms with van der Waals surface area (Å²) in [4.78, 5) is 14.3. The van der Waals surface area contributed by atoms with Crippen LogP contribution in [0, 0.1) is 5.82 Å². The van der Waals surface area contributed by atoms with Gasteiger partial charge in [-0.05, 0) is 41.1 Å². The molecule has 122 valence electrons. The maximum absolute atomic E-state index is 12.8. The Morgan fingerprint density at radius 1 is 1.00 bits per heavy atom. The highest BCUT2D eigenvalue weighted by atomic mass is 19.1. The minimum atomic E-state index is -0.300. The number of hydrogen-bond donors (Lipinski definition) is 0. The van der Waals surface area contributed by atoms with Crippen molar-refractivity contribution < 1.29 is 13.9 Å². The minimum absolute atomic E-state index is 0.0468. The van der Waals surface area contributed by atoms with Crippen LogP contribution in [0.25, 0.3) is 10.8 Å². The van der Waals surface area contributed by atoms with Crippen LogP contribution in [0.4, 0.5) is 4.39 Å². The summed E-state index contributed by atoms with van der Waals surface area (Å²) < 4.78 is 18.4. The third kappa shape index (κ3) is 3.54. The van der Waals surface area contributed by atoms with E-state index in [0.717, 1.165) is 10.8 Å². The van der Waals surface area contributed by atoms with E-state index >= 15 is 0 Å². The third-order valence-electron chi connectivity index (χ3n) is 3.88. The van der Waals surface area contributed by atoms with Crippen molar-refractivity contribution in [3.05, 3.63) is 78.1 Å². The van der Waals surface area contributed by atoms with Crippen molar-refractivity contribution in [1.82, 2.24) is 4.90 Å². The zero-order valence-electron chi connectivity index (χ0n) is 13.4. The lowest BCUT2D eigenvalue weighted by Gasteiger charge is -2.18. The second kappa shape index (κ2) is 7.13. The fraction of sp³-hybridized carbons (Fsp3) is 0.150. The van der Waals surface area contributed by atoms with Crippen LogP contribution >= 0.6 is 0 Å². The number of fused-ring (bicyclic) bond motifs is 1. The van der Waals surface area contributed by atoms with Crippen molar-refractivity contribution >= 4 is 16.7 Å². The van der Waals surface area contributed by atoms with Crippen molar-refractivity contribution in [3.63, 3.8) is 0 Å². The number of amides is 1. The molecule has 24 heavy (non-hydrogen) atoms. The van der Waals surface area contributed by atoms with E-state index in [4.69, 9.17) is 4.74 Å². The van der Waals surface area contributed by atoms with Crippen molar-refractivity contribution in [2.24, 2.45) is 0 Å². The molecule has 0 fully saturated rings. The van der Waals surface area contributed by atoms with Crippen LogP contribution in [0.2, 0.25) is 0 Å². The highest BCUT2D eigenvalue weighted by Crippen LogP contribution is 2.19. The Morgan fingerprint density at radius 3 is 2.50 bits per heavy atom. The Hall–Kier alpha value is -2.88. The molecule has 0 saturated carbocycles. The Balaban J connectivity index is 1.65. The summed E-state index contributed by atoms with van der Waals surface area (Å²) in [7, 11) is 1.75. The summed E-state index contributed by atoms with van der Waals surface area (Å²) >= 11 is 0. The number of rotatable bonds is 5. The monoisotopic (exact) mass is 323 g/mol. The van der Waals surface area contributed by atoms with E-state index in [-0.39, 0.29) is 11.7 Å². The van der Waals surface area contributed by atoms with Gasteiger partial charge < -0.3 is 9.64 Å². The van der Waals surface area contributed by atoms with E-state index in [0.29, 0.717) is 24.5 Å². The van der Waals surface area contributed by atoms with E-state index in [1.54, 1.807) is 24.1 Å². The van der Waals surface area contributed by atoms with Crippen molar-refractivity contribution in [2.45, 2.75) is 0 Å². The number of ether oxygens (including phenoxy) is 1. The zero-order chi connectivity index (χ0) is 16.9. The quantitative estimate of drug-likeness (QED) is 0.706. The zero-order valence-corrected chi connectivity index (χ0v) is 13.4. The van der Waals surface area contributed by atoms with E-state index in [1.807, 2.05) is 42.5 Å². The molecule has 0 radical (unpaired) electrons. The fourth-order valence-corrected chi connectivity index (χ4v) is 2.55. The van der Waals surface area contributed by atoms with Crippen molar-refractivity contribution in [3.8, 4) is 5.75 Å². The normalized spacial score (nSPS) is 10.6. The molecule has 0 saturated heterocycles. The molecule has 0 aliphatic carbocycles. The Kier molecular flexibility index (Phi) is 4.75. The summed E-state index contributed by atoms with van der Waals surface area (Å²) in [6.45, 7) is 0.790. The molecule has 1 amide bonds. The molecule has 0 aliphatic rings. The maximum atomic E-state index is 12.8. The molecule has 0 spiro atoms. The fourth-order valence-electron chi connectivity index (χ4n) is 2.55. The van der Waals surface area contributed by atoms with Gasteiger partial charge in [-0.2, -0.15) is 0 Å². The first-order chi connectivity index (χ1) is 11.6. The van der Waals surface area contributed by atoms with Gasteiger partial charge in [0.2, 0.25) is 0 Å². The van der Waals surface area contributed by atoms with E-state index in [9.17, 15) is 9.18 Å². The van der Waals surface area contributed by atoms with Gasteiger partial charge in [0.05, 0.1) is 6.54 Å². The highest BCUT2D eigenvalue weighted by Gasteiger charge is 2.14. The standard InChI is InChI=1S/C20H18FNO2/c1-22(13-14-24-17-11-9-16(21)10-12-17)20(23)19-8-4-6-15-5-2-3-7-18(15)19/h2-12H,13-14H2,1H3. The number of benzene rings is 3. The van der Waals surface area contributed by atoms with Crippen LogP contribution in [-0.2, 0) is 0 Å². The van der Waals surface area contributed by atoms with Gasteiger partial charge in [0.15, 0.2) is 0 Å². The molecule has 0 bridgehead atoms. The predicted molar refractivity (Wildman–Crippen MR) is 92.8 cm³/mol. The van der Waals surface area contributed by atoms with Crippen LogP contribution in [-0.4, -0.2) is 31.0 Å². The predicted octanol–water partition coefficient (Wildman–Crippen LogP) is 4.13. The first-order valence-corrected chi connectivity index (χ1v) is 7.77. The van der Waals surface area contributed by atoms with Gasteiger partial charge in [0.25, 0.3) is 5.91 Å². The summed E-state index contributed by atoms with van der Waals surface area (Å²) in [6, 6.07) is 19.4. The molecular weight excluding hydrogens is 305 g/mol. The summed E-state index contributed by atoms with van der Waals surface area (Å²) in [5, 5.41) is 1.98. The molecular formula is C20H18FNO2. The van der Waals surface area contributed by atoms with Crippen molar-refractivity contribution in [1.29, 1.82) is 0 Å². The highest BCUT2D eigenvalue weighted by molar-refractivity contribution is 6.06. The molecule has 0 aromatic heterocycles. The molecule has 0 aliphatic heterocycles. The van der Waals surface area contributed by atoms with E-state index < -0.39 is 0 Å². The number of hydrogen-bond acceptors (Lipinski definition) is 2. The van der Waals surface area contributed by atoms with E-state index in [2.05, 4.69) is 0 Å². The average Bonchev–Trinajstić information content (AvgIpc) is 2.62. The van der Waals surface area contributed by atoms with Crippen molar-refractivity contribution in [2.75, 3.05) is 20.2 Å². The largest absolute Gasteiger partial charge is 0.492 e. The SMILES string of the molecule is CN(CCOc1ccc(F)cc1)C(=O)c1cccc2ccccc12. The van der Waals surface area contributed by atoms with E-state index in [1.165, 1.54) is 12.1 Å². The first kappa shape index (κ1) is 16.0. The Morgan fingerprint density at radius 2 is 1.71 bits per heavy atom. The number of carbonyl (C=O) groups is 1. The molecule has 3 aromatic carbocycles. The number of halogens is 1. The lowest BCUT2D eigenvalue weighted by atomic mass is 10.0. The number of nitrogens with zero attached hydrogens (tertiary/aromatic N) is 1. The number of carbonyl (C=O) groups excluding carboxylic acids is 1. The molecule has 3 rings (SSSR count). The first-order valence-electron chi connectivity index (χ1n) is 7.77. The van der Waals surface area contributed by atoms with Gasteiger partial charge in [0, 0.05) is 12.6 Å². The topological polar surface area (TPSA) is 29.5 Å². The summed E-state index contributed by atoms with van der Waals surface area (Å²) in [5.74, 6) is 0.238.